The van der Waals surface area contributed by atoms with Crippen LogP contribution in [0.15, 0.2) is 0 Å². The third-order valence-corrected chi connectivity index (χ3v) is 2.79. The van der Waals surface area contributed by atoms with Crippen LogP contribution in [0.5, 0.6) is 0 Å². The molecule has 15 heavy (non-hydrogen) atoms. The predicted molar refractivity (Wildman–Crippen MR) is 64.6 cm³/mol. The van der Waals surface area contributed by atoms with E-state index in [1.54, 1.807) is 0 Å². The van der Waals surface area contributed by atoms with Crippen molar-refractivity contribution in [2.45, 2.75) is 59.5 Å². The van der Waals surface area contributed by atoms with Crippen molar-refractivity contribution in [3.8, 4) is 0 Å². The Morgan fingerprint density at radius 3 is 2.13 bits per heavy atom. The van der Waals surface area contributed by atoms with Crippen LogP contribution in [-0.2, 0) is 4.79 Å². The van der Waals surface area contributed by atoms with Gasteiger partial charge in [0.15, 0.2) is 0 Å². The summed E-state index contributed by atoms with van der Waals surface area (Å²) in [6, 6.07) is -0.0420. The lowest BCUT2D eigenvalue weighted by atomic mass is 10.0. The maximum atomic E-state index is 12.0. The summed E-state index contributed by atoms with van der Waals surface area (Å²) in [5, 5.41) is 0. The Balaban J connectivity index is 4.37. The van der Waals surface area contributed by atoms with Crippen molar-refractivity contribution in [2.24, 2.45) is 11.7 Å². The van der Waals surface area contributed by atoms with Crippen molar-refractivity contribution in [2.75, 3.05) is 6.54 Å². The molecule has 3 heteroatoms. The van der Waals surface area contributed by atoms with Gasteiger partial charge in [0, 0.05) is 12.6 Å². The zero-order chi connectivity index (χ0) is 12.0. The Labute approximate surface area is 94.0 Å². The fourth-order valence-electron chi connectivity index (χ4n) is 1.73. The molecule has 0 aromatic rings. The standard InChI is InChI=1S/C12H26N2O/c1-6-10(5)14(7-2)12(15)11(13)8-9(3)4/h9-11H,6-8,13H2,1-5H3/t10?,11-/m1/s1. The van der Waals surface area contributed by atoms with Gasteiger partial charge in [-0.15, -0.1) is 0 Å². The van der Waals surface area contributed by atoms with Gasteiger partial charge >= 0.3 is 0 Å². The Morgan fingerprint density at radius 2 is 1.80 bits per heavy atom. The maximum Gasteiger partial charge on any atom is 0.239 e. The highest BCUT2D eigenvalue weighted by molar-refractivity contribution is 5.81. The topological polar surface area (TPSA) is 46.3 Å². The molecule has 0 bridgehead atoms. The predicted octanol–water partition coefficient (Wildman–Crippen LogP) is 2.01. The summed E-state index contributed by atoms with van der Waals surface area (Å²) in [5.41, 5.74) is 5.90. The molecule has 0 aliphatic carbocycles. The largest absolute Gasteiger partial charge is 0.339 e. The normalized spacial score (nSPS) is 15.1. The van der Waals surface area contributed by atoms with Gasteiger partial charge < -0.3 is 10.6 Å². The van der Waals surface area contributed by atoms with E-state index >= 15 is 0 Å². The van der Waals surface area contributed by atoms with Gasteiger partial charge in [-0.2, -0.15) is 0 Å². The molecule has 2 N–H and O–H groups in total. The van der Waals surface area contributed by atoms with E-state index in [0.29, 0.717) is 12.0 Å². The number of rotatable bonds is 6. The fourth-order valence-corrected chi connectivity index (χ4v) is 1.73. The molecule has 0 rings (SSSR count). The van der Waals surface area contributed by atoms with Crippen LogP contribution >= 0.6 is 0 Å². The average Bonchev–Trinajstić information content (AvgIpc) is 2.17. The molecule has 0 fully saturated rings. The molecule has 1 amide bonds. The first kappa shape index (κ1) is 14.4. The lowest BCUT2D eigenvalue weighted by molar-refractivity contribution is -0.134. The van der Waals surface area contributed by atoms with Crippen molar-refractivity contribution < 1.29 is 4.79 Å². The van der Waals surface area contributed by atoms with Crippen LogP contribution in [0.4, 0.5) is 0 Å². The van der Waals surface area contributed by atoms with Crippen LogP contribution in [0.2, 0.25) is 0 Å². The number of carbonyl (C=O) groups excluding carboxylic acids is 1. The zero-order valence-corrected chi connectivity index (χ0v) is 10.8. The lowest BCUT2D eigenvalue weighted by Gasteiger charge is -2.30. The van der Waals surface area contributed by atoms with E-state index in [-0.39, 0.29) is 11.9 Å². The molecular weight excluding hydrogens is 188 g/mol. The fraction of sp³-hybridized carbons (Fsp3) is 0.917. The number of likely N-dealkylation sites (N-methyl/N-ethyl adjacent to an activating group) is 1. The molecule has 90 valence electrons. The minimum atomic E-state index is -0.334. The first-order valence-corrected chi connectivity index (χ1v) is 6.00. The Morgan fingerprint density at radius 1 is 1.27 bits per heavy atom. The summed E-state index contributed by atoms with van der Waals surface area (Å²) in [6.07, 6.45) is 1.75. The summed E-state index contributed by atoms with van der Waals surface area (Å²) in [5.74, 6) is 0.570. The summed E-state index contributed by atoms with van der Waals surface area (Å²) >= 11 is 0. The van der Waals surface area contributed by atoms with E-state index in [1.807, 2.05) is 11.8 Å². The van der Waals surface area contributed by atoms with E-state index in [9.17, 15) is 4.79 Å². The second kappa shape index (κ2) is 6.83. The minimum absolute atomic E-state index is 0.0977. The minimum Gasteiger partial charge on any atom is -0.339 e. The molecule has 3 nitrogen and oxygen atoms in total. The van der Waals surface area contributed by atoms with E-state index in [0.717, 1.165) is 19.4 Å². The van der Waals surface area contributed by atoms with Gasteiger partial charge in [-0.05, 0) is 32.6 Å². The molecule has 2 atom stereocenters. The number of hydrogen-bond acceptors (Lipinski definition) is 2. The summed E-state index contributed by atoms with van der Waals surface area (Å²) < 4.78 is 0. The van der Waals surface area contributed by atoms with Crippen LogP contribution < -0.4 is 5.73 Å². The van der Waals surface area contributed by atoms with Gasteiger partial charge in [0.25, 0.3) is 0 Å². The highest BCUT2D eigenvalue weighted by Gasteiger charge is 2.23. The van der Waals surface area contributed by atoms with Crippen LogP contribution in [0.1, 0.15) is 47.5 Å². The number of nitrogens with two attached hydrogens (primary N) is 1. The molecule has 0 saturated heterocycles. The highest BCUT2D eigenvalue weighted by atomic mass is 16.2. The van der Waals surface area contributed by atoms with Gasteiger partial charge in [0.1, 0.15) is 0 Å². The Bertz CT molecular complexity index is 192. The zero-order valence-electron chi connectivity index (χ0n) is 10.8. The van der Waals surface area contributed by atoms with Crippen LogP contribution in [-0.4, -0.2) is 29.4 Å². The summed E-state index contributed by atoms with van der Waals surface area (Å²) in [7, 11) is 0. The Hall–Kier alpha value is -0.570. The van der Waals surface area contributed by atoms with Gasteiger partial charge in [-0.1, -0.05) is 20.8 Å². The SMILES string of the molecule is CCC(C)N(CC)C(=O)[C@H](N)CC(C)C. The number of hydrogen-bond donors (Lipinski definition) is 1. The van der Waals surface area contributed by atoms with Gasteiger partial charge in [-0.3, -0.25) is 4.79 Å². The first-order chi connectivity index (χ1) is 6.93. The van der Waals surface area contributed by atoms with Gasteiger partial charge in [0.05, 0.1) is 6.04 Å². The first-order valence-electron chi connectivity index (χ1n) is 6.00. The van der Waals surface area contributed by atoms with Crippen molar-refractivity contribution in [1.82, 2.24) is 4.90 Å². The van der Waals surface area contributed by atoms with Gasteiger partial charge in [-0.25, -0.2) is 0 Å². The smallest absolute Gasteiger partial charge is 0.239 e. The van der Waals surface area contributed by atoms with Crippen molar-refractivity contribution in [3.05, 3.63) is 0 Å². The molecule has 0 aromatic heterocycles. The van der Waals surface area contributed by atoms with Crippen molar-refractivity contribution in [1.29, 1.82) is 0 Å². The average molecular weight is 214 g/mol. The quantitative estimate of drug-likeness (QED) is 0.735. The lowest BCUT2D eigenvalue weighted by Crippen LogP contribution is -2.48. The summed E-state index contributed by atoms with van der Waals surface area (Å²) in [4.78, 5) is 13.9. The molecule has 0 saturated carbocycles. The monoisotopic (exact) mass is 214 g/mol. The molecule has 1 unspecified atom stereocenters. The number of amides is 1. The Kier molecular flexibility index (Phi) is 6.57. The molecule has 0 aromatic carbocycles. The molecule has 0 radical (unpaired) electrons. The maximum absolute atomic E-state index is 12.0. The molecular formula is C12H26N2O. The molecule has 0 spiro atoms. The second-order valence-electron chi connectivity index (χ2n) is 4.62. The van der Waals surface area contributed by atoms with E-state index in [1.165, 1.54) is 0 Å². The molecule has 0 aliphatic rings. The van der Waals surface area contributed by atoms with E-state index in [2.05, 4.69) is 27.7 Å². The second-order valence-corrected chi connectivity index (χ2v) is 4.62. The van der Waals surface area contributed by atoms with Crippen molar-refractivity contribution >= 4 is 5.91 Å². The number of nitrogens with zero attached hydrogens (tertiary/aromatic N) is 1. The highest BCUT2D eigenvalue weighted by Crippen LogP contribution is 2.09. The third-order valence-electron chi connectivity index (χ3n) is 2.79. The van der Waals surface area contributed by atoms with Crippen LogP contribution in [0, 0.1) is 5.92 Å². The van der Waals surface area contributed by atoms with Crippen LogP contribution in [0.3, 0.4) is 0 Å². The van der Waals surface area contributed by atoms with Crippen LogP contribution in [0.25, 0.3) is 0 Å². The third kappa shape index (κ3) is 4.65. The number of carbonyl (C=O) groups is 1. The van der Waals surface area contributed by atoms with E-state index in [4.69, 9.17) is 5.73 Å². The molecule has 0 heterocycles. The van der Waals surface area contributed by atoms with Crippen molar-refractivity contribution in [3.63, 3.8) is 0 Å². The summed E-state index contributed by atoms with van der Waals surface area (Å²) in [6.45, 7) is 11.1. The van der Waals surface area contributed by atoms with E-state index < -0.39 is 0 Å². The molecule has 0 aliphatic heterocycles. The van der Waals surface area contributed by atoms with Gasteiger partial charge in [0.2, 0.25) is 5.91 Å².